The van der Waals surface area contributed by atoms with E-state index in [2.05, 4.69) is 37.3 Å². The van der Waals surface area contributed by atoms with Crippen LogP contribution in [0.3, 0.4) is 0 Å². The lowest BCUT2D eigenvalue weighted by molar-refractivity contribution is -0.134. The number of hydrogen-bond donors (Lipinski definition) is 1. The number of carbonyl (C=O) groups is 2. The number of allylic oxidation sites excluding steroid dienone is 1. The lowest BCUT2D eigenvalue weighted by atomic mass is 9.88. The zero-order valence-corrected chi connectivity index (χ0v) is 28.5. The number of ether oxygens (including phenoxy) is 3. The van der Waals surface area contributed by atoms with E-state index in [9.17, 15) is 14.0 Å². The molecule has 0 bridgehead atoms. The van der Waals surface area contributed by atoms with Crippen molar-refractivity contribution < 1.29 is 33.3 Å². The summed E-state index contributed by atoms with van der Waals surface area (Å²) in [5, 5.41) is 14.6. The molecule has 10 heteroatoms. The molecule has 258 valence electrons. The highest BCUT2D eigenvalue weighted by Gasteiger charge is 2.23. The number of amides is 1. The lowest BCUT2D eigenvalue weighted by Gasteiger charge is -2.26. The average molecular weight is 670 g/mol. The smallest absolute Gasteiger partial charge is 0.410 e. The van der Waals surface area contributed by atoms with E-state index >= 15 is 0 Å². The van der Waals surface area contributed by atoms with Gasteiger partial charge in [0.1, 0.15) is 18.0 Å². The van der Waals surface area contributed by atoms with Gasteiger partial charge in [0.25, 0.3) is 0 Å². The van der Waals surface area contributed by atoms with Gasteiger partial charge in [0.2, 0.25) is 5.83 Å². The molecule has 1 unspecified atom stereocenters. The minimum absolute atomic E-state index is 0.0474. The summed E-state index contributed by atoms with van der Waals surface area (Å²) in [5.74, 6) is -2.46. The van der Waals surface area contributed by atoms with Gasteiger partial charge >= 0.3 is 12.1 Å². The van der Waals surface area contributed by atoms with Gasteiger partial charge in [-0.05, 0) is 105 Å². The van der Waals surface area contributed by atoms with E-state index in [-0.39, 0.29) is 25.9 Å². The largest absolute Gasteiger partial charge is 0.492 e. The Morgan fingerprint density at radius 3 is 2.43 bits per heavy atom. The molecule has 0 aliphatic carbocycles. The van der Waals surface area contributed by atoms with Crippen LogP contribution in [-0.2, 0) is 14.3 Å². The van der Waals surface area contributed by atoms with E-state index in [1.54, 1.807) is 20.8 Å². The fourth-order valence-electron chi connectivity index (χ4n) is 5.89. The summed E-state index contributed by atoms with van der Waals surface area (Å²) in [6.45, 7) is 7.92. The van der Waals surface area contributed by atoms with Gasteiger partial charge in [-0.2, -0.15) is 9.49 Å². The van der Waals surface area contributed by atoms with Crippen LogP contribution in [0.5, 0.6) is 5.75 Å². The molecule has 9 nitrogen and oxygen atoms in total. The molecule has 1 aliphatic rings. The molecular weight excluding hydrogens is 625 g/mol. The second-order valence-electron chi connectivity index (χ2n) is 12.9. The van der Waals surface area contributed by atoms with Crippen molar-refractivity contribution in [2.45, 2.75) is 65.2 Å². The Morgan fingerprint density at radius 1 is 1.04 bits per heavy atom. The first-order valence-corrected chi connectivity index (χ1v) is 16.7. The number of halogens is 1. The molecule has 0 saturated carbocycles. The van der Waals surface area contributed by atoms with Crippen molar-refractivity contribution in [2.75, 3.05) is 26.3 Å². The zero-order chi connectivity index (χ0) is 35.0. The third kappa shape index (κ3) is 9.14. The second kappa shape index (κ2) is 16.0. The number of nitrogens with zero attached hydrogens (tertiary/aromatic N) is 3. The van der Waals surface area contributed by atoms with E-state index in [0.29, 0.717) is 5.75 Å². The van der Waals surface area contributed by atoms with Gasteiger partial charge in [0, 0.05) is 18.5 Å². The molecule has 1 saturated heterocycles. The minimum Gasteiger partial charge on any atom is -0.492 e. The van der Waals surface area contributed by atoms with Crippen LogP contribution in [0.25, 0.3) is 22.0 Å². The summed E-state index contributed by atoms with van der Waals surface area (Å²) in [6.07, 6.45) is 5.96. The van der Waals surface area contributed by atoms with Gasteiger partial charge in [-0.15, -0.1) is 0 Å². The molecule has 5 rings (SSSR count). The molecular formula is C39H44FN3O6. The molecule has 0 spiro atoms. The Kier molecular flexibility index (Phi) is 11.5. The van der Waals surface area contributed by atoms with Gasteiger partial charge in [-0.25, -0.2) is 14.3 Å². The van der Waals surface area contributed by atoms with Crippen LogP contribution in [0, 0.1) is 0 Å². The van der Waals surface area contributed by atoms with Crippen LogP contribution in [0.2, 0.25) is 0 Å². The number of carbonyl (C=O) groups excluding carboxylic acids is 1. The van der Waals surface area contributed by atoms with Crippen LogP contribution in [-0.4, -0.2) is 63.8 Å². The Bertz CT molecular complexity index is 1800. The number of rotatable bonds is 12. The van der Waals surface area contributed by atoms with Gasteiger partial charge in [0.05, 0.1) is 18.3 Å². The van der Waals surface area contributed by atoms with E-state index in [0.717, 1.165) is 71.5 Å². The van der Waals surface area contributed by atoms with E-state index in [4.69, 9.17) is 24.4 Å². The van der Waals surface area contributed by atoms with Crippen LogP contribution in [0.1, 0.15) is 76.3 Å². The Labute approximate surface area is 286 Å². The fraction of sp³-hybridized carbons (Fsp3) is 0.359. The topological polar surface area (TPSA) is 103 Å². The third-order valence-electron chi connectivity index (χ3n) is 8.21. The summed E-state index contributed by atoms with van der Waals surface area (Å²) in [5.41, 5.74) is 5.79. The maximum atomic E-state index is 13.7. The summed E-state index contributed by atoms with van der Waals surface area (Å²) >= 11 is 0. The highest BCUT2D eigenvalue weighted by molar-refractivity contribution is 6.00. The van der Waals surface area contributed by atoms with E-state index in [1.807, 2.05) is 53.3 Å². The van der Waals surface area contributed by atoms with E-state index < -0.39 is 23.5 Å². The van der Waals surface area contributed by atoms with Crippen molar-refractivity contribution in [1.82, 2.24) is 14.7 Å². The van der Waals surface area contributed by atoms with E-state index in [1.165, 1.54) is 10.5 Å². The normalized spacial score (nSPS) is 15.9. The predicted molar refractivity (Wildman–Crippen MR) is 188 cm³/mol. The molecule has 0 radical (unpaired) electrons. The number of aliphatic carboxylic acids is 1. The first-order valence-electron chi connectivity index (χ1n) is 16.7. The van der Waals surface area contributed by atoms with Gasteiger partial charge in [0.15, 0.2) is 6.23 Å². The van der Waals surface area contributed by atoms with Crippen molar-refractivity contribution in [1.29, 1.82) is 0 Å². The highest BCUT2D eigenvalue weighted by atomic mass is 19.1. The molecule has 1 aliphatic heterocycles. The molecule has 4 aromatic rings. The Morgan fingerprint density at radius 2 is 1.78 bits per heavy atom. The van der Waals surface area contributed by atoms with Crippen molar-refractivity contribution >= 4 is 34.1 Å². The van der Waals surface area contributed by atoms with Crippen LogP contribution in [0.15, 0.2) is 90.9 Å². The first-order chi connectivity index (χ1) is 23.5. The summed E-state index contributed by atoms with van der Waals surface area (Å²) in [7, 11) is 0. The van der Waals surface area contributed by atoms with Crippen molar-refractivity contribution in [3.05, 3.63) is 108 Å². The van der Waals surface area contributed by atoms with Gasteiger partial charge in [-0.3, -0.25) is 0 Å². The molecule has 1 N–H and O–H groups in total. The number of carboxylic acid groups (broad SMARTS) is 1. The predicted octanol–water partition coefficient (Wildman–Crippen LogP) is 8.66. The molecule has 1 amide bonds. The molecule has 1 atom stereocenters. The highest BCUT2D eigenvalue weighted by Crippen LogP contribution is 2.37. The van der Waals surface area contributed by atoms with Crippen molar-refractivity contribution in [3.63, 3.8) is 0 Å². The fourth-order valence-corrected chi connectivity index (χ4v) is 5.89. The first kappa shape index (κ1) is 35.3. The SMILES string of the molecule is CCC(=C(c1ccc(OCCN(CC=C(F)C(=O)O)C(=O)OC(C)(C)C)cc1)c1ccc2c(cnn2C2CCCCO2)c1)c1ccccc1. The molecule has 2 heterocycles. The number of benzene rings is 3. The van der Waals surface area contributed by atoms with Crippen molar-refractivity contribution in [3.8, 4) is 5.75 Å². The lowest BCUT2D eigenvalue weighted by Crippen LogP contribution is -2.39. The number of aromatic nitrogens is 2. The number of fused-ring (bicyclic) bond motifs is 1. The van der Waals surface area contributed by atoms with Crippen LogP contribution >= 0.6 is 0 Å². The maximum absolute atomic E-state index is 13.7. The summed E-state index contributed by atoms with van der Waals surface area (Å²) < 4.78 is 33.1. The molecule has 1 aromatic heterocycles. The molecule has 1 fully saturated rings. The third-order valence-corrected chi connectivity index (χ3v) is 8.21. The Hall–Kier alpha value is -4.96. The number of carboxylic acids is 1. The Balaban J connectivity index is 1.39. The monoisotopic (exact) mass is 669 g/mol. The molecule has 3 aromatic carbocycles. The van der Waals surface area contributed by atoms with Gasteiger partial charge < -0.3 is 24.2 Å². The summed E-state index contributed by atoms with van der Waals surface area (Å²) in [4.78, 5) is 24.9. The quantitative estimate of drug-likeness (QED) is 0.119. The summed E-state index contributed by atoms with van der Waals surface area (Å²) in [6, 6.07) is 24.6. The van der Waals surface area contributed by atoms with Crippen molar-refractivity contribution in [2.24, 2.45) is 0 Å². The second-order valence-corrected chi connectivity index (χ2v) is 12.9. The molecule has 49 heavy (non-hydrogen) atoms. The average Bonchev–Trinajstić information content (AvgIpc) is 3.52. The van der Waals surface area contributed by atoms with Crippen LogP contribution in [0.4, 0.5) is 9.18 Å². The van der Waals surface area contributed by atoms with Gasteiger partial charge in [-0.1, -0.05) is 55.5 Å². The standard InChI is InChI=1S/C39H44FN3O6/c1-5-32(27-11-7-6-8-12-27)36(29-16-19-34-30(25-29)26-41-43(34)35-13-9-10-23-48-35)28-14-17-31(18-15-28)47-24-22-42(21-20-33(40)37(44)45)38(46)49-39(2,3)4/h6-8,11-12,14-20,25-26,35H,5,9-10,13,21-24H2,1-4H3,(H,44,45). The minimum atomic E-state index is -1.70. The van der Waals surface area contributed by atoms with Crippen LogP contribution < -0.4 is 4.74 Å². The maximum Gasteiger partial charge on any atom is 0.410 e. The number of hydrogen-bond acceptors (Lipinski definition) is 6. The zero-order valence-electron chi connectivity index (χ0n) is 28.5.